The highest BCUT2D eigenvalue weighted by Gasteiger charge is 2.46. The zero-order chi connectivity index (χ0) is 8.77. The maximum Gasteiger partial charge on any atom is 0.122 e. The molecule has 0 amide bonds. The number of hydrogen-bond donors (Lipinski definition) is 1. The van der Waals surface area contributed by atoms with E-state index in [1.54, 1.807) is 0 Å². The number of likely N-dealkylation sites (tertiary alicyclic amines) is 1. The number of halogens is 1. The van der Waals surface area contributed by atoms with Crippen molar-refractivity contribution in [2.45, 2.75) is 41.8 Å². The van der Waals surface area contributed by atoms with E-state index in [4.69, 9.17) is 5.73 Å². The van der Waals surface area contributed by atoms with Gasteiger partial charge in [0.15, 0.2) is 0 Å². The van der Waals surface area contributed by atoms with Gasteiger partial charge in [0.2, 0.25) is 0 Å². The van der Waals surface area contributed by atoms with Crippen molar-refractivity contribution in [2.24, 2.45) is 11.7 Å². The highest BCUT2D eigenvalue weighted by Crippen LogP contribution is 2.44. The molecule has 2 nitrogen and oxygen atoms in total. The van der Waals surface area contributed by atoms with Crippen LogP contribution in [0.3, 0.4) is 0 Å². The van der Waals surface area contributed by atoms with Crippen molar-refractivity contribution in [1.82, 2.24) is 4.90 Å². The van der Waals surface area contributed by atoms with E-state index in [0.717, 1.165) is 12.0 Å². The Bertz CT molecular complexity index is 181. The first-order valence-electron chi connectivity index (χ1n) is 4.82. The van der Waals surface area contributed by atoms with E-state index in [2.05, 4.69) is 34.5 Å². The average molecular weight is 280 g/mol. The molecule has 0 spiro atoms. The van der Waals surface area contributed by atoms with Gasteiger partial charge in [-0.2, -0.15) is 0 Å². The lowest BCUT2D eigenvalue weighted by molar-refractivity contribution is 0.182. The summed E-state index contributed by atoms with van der Waals surface area (Å²) in [7, 11) is 2.18. The van der Waals surface area contributed by atoms with Crippen molar-refractivity contribution in [2.75, 3.05) is 7.05 Å². The summed E-state index contributed by atoms with van der Waals surface area (Å²) < 4.78 is -0.0581. The van der Waals surface area contributed by atoms with E-state index in [1.165, 1.54) is 32.1 Å². The summed E-state index contributed by atoms with van der Waals surface area (Å²) in [6, 6.07) is 0.778. The molecule has 3 atom stereocenters. The van der Waals surface area contributed by atoms with Crippen LogP contribution < -0.4 is 5.73 Å². The number of nitrogens with zero attached hydrogens (tertiary/aromatic N) is 1. The van der Waals surface area contributed by atoms with Crippen molar-refractivity contribution >= 4 is 22.6 Å². The lowest BCUT2D eigenvalue weighted by atomic mass is 9.85. The molecular formula is C9H17IN2. The third kappa shape index (κ3) is 1.40. The molecule has 2 N–H and O–H groups in total. The SMILES string of the molecule is CN1[C@@H]2CCCC[C@@H]2C[C@@]1(N)I. The summed E-state index contributed by atoms with van der Waals surface area (Å²) in [5, 5.41) is 0. The Morgan fingerprint density at radius 1 is 1.42 bits per heavy atom. The van der Waals surface area contributed by atoms with Crippen molar-refractivity contribution in [3.63, 3.8) is 0 Å². The summed E-state index contributed by atoms with van der Waals surface area (Å²) in [6.07, 6.45) is 6.77. The fraction of sp³-hybridized carbons (Fsp3) is 1.00. The molecule has 0 aromatic heterocycles. The van der Waals surface area contributed by atoms with Crippen LogP contribution in [0.2, 0.25) is 0 Å². The van der Waals surface area contributed by atoms with Crippen LogP contribution in [0.1, 0.15) is 32.1 Å². The second kappa shape index (κ2) is 3.10. The topological polar surface area (TPSA) is 29.3 Å². The summed E-state index contributed by atoms with van der Waals surface area (Å²) in [5.41, 5.74) is 6.19. The normalized spacial score (nSPS) is 49.2. The molecule has 1 aliphatic heterocycles. The van der Waals surface area contributed by atoms with Gasteiger partial charge < -0.3 is 5.73 Å². The van der Waals surface area contributed by atoms with Crippen LogP contribution in [-0.2, 0) is 0 Å². The van der Waals surface area contributed by atoms with E-state index < -0.39 is 0 Å². The minimum Gasteiger partial charge on any atom is -0.305 e. The molecule has 70 valence electrons. The molecule has 0 aromatic rings. The van der Waals surface area contributed by atoms with E-state index in [0.29, 0.717) is 0 Å². The van der Waals surface area contributed by atoms with Gasteiger partial charge in [-0.25, -0.2) is 0 Å². The molecule has 0 radical (unpaired) electrons. The van der Waals surface area contributed by atoms with Crippen LogP contribution in [0.25, 0.3) is 0 Å². The van der Waals surface area contributed by atoms with Crippen LogP contribution >= 0.6 is 22.6 Å². The minimum absolute atomic E-state index is 0.0581. The molecule has 1 saturated heterocycles. The molecule has 3 heteroatoms. The van der Waals surface area contributed by atoms with Crippen molar-refractivity contribution in [3.8, 4) is 0 Å². The Kier molecular flexibility index (Phi) is 2.38. The first kappa shape index (κ1) is 9.21. The molecule has 1 saturated carbocycles. The number of rotatable bonds is 0. The largest absolute Gasteiger partial charge is 0.305 e. The van der Waals surface area contributed by atoms with Crippen molar-refractivity contribution < 1.29 is 0 Å². The smallest absolute Gasteiger partial charge is 0.122 e. The highest BCUT2D eigenvalue weighted by atomic mass is 127. The summed E-state index contributed by atoms with van der Waals surface area (Å²) in [5.74, 6) is 0.880. The lowest BCUT2D eigenvalue weighted by Gasteiger charge is -2.32. The molecular weight excluding hydrogens is 263 g/mol. The second-order valence-electron chi connectivity index (χ2n) is 4.25. The molecule has 1 heterocycles. The van der Waals surface area contributed by atoms with E-state index in [-0.39, 0.29) is 3.67 Å². The summed E-state index contributed by atoms with van der Waals surface area (Å²) in [6.45, 7) is 0. The summed E-state index contributed by atoms with van der Waals surface area (Å²) in [4.78, 5) is 2.39. The molecule has 2 fully saturated rings. The molecule has 2 rings (SSSR count). The van der Waals surface area contributed by atoms with Crippen LogP contribution in [0.5, 0.6) is 0 Å². The van der Waals surface area contributed by atoms with E-state index in [1.807, 2.05) is 0 Å². The summed E-state index contributed by atoms with van der Waals surface area (Å²) >= 11 is 2.40. The first-order valence-corrected chi connectivity index (χ1v) is 5.90. The van der Waals surface area contributed by atoms with Gasteiger partial charge in [0.25, 0.3) is 0 Å². The molecule has 2 aliphatic rings. The zero-order valence-corrected chi connectivity index (χ0v) is 9.75. The quantitative estimate of drug-likeness (QED) is 0.417. The Morgan fingerprint density at radius 3 is 2.75 bits per heavy atom. The molecule has 12 heavy (non-hydrogen) atoms. The fourth-order valence-electron chi connectivity index (χ4n) is 2.72. The predicted octanol–water partition coefficient (Wildman–Crippen LogP) is 1.93. The van der Waals surface area contributed by atoms with Gasteiger partial charge in [-0.15, -0.1) is 0 Å². The number of nitrogens with two attached hydrogens (primary N) is 1. The van der Waals surface area contributed by atoms with Gasteiger partial charge in [-0.1, -0.05) is 12.8 Å². The monoisotopic (exact) mass is 280 g/mol. The van der Waals surface area contributed by atoms with Crippen molar-refractivity contribution in [3.05, 3.63) is 0 Å². The van der Waals surface area contributed by atoms with E-state index in [9.17, 15) is 0 Å². The lowest BCUT2D eigenvalue weighted by Crippen LogP contribution is -2.47. The van der Waals surface area contributed by atoms with Gasteiger partial charge in [-0.3, -0.25) is 4.90 Å². The van der Waals surface area contributed by atoms with Gasteiger partial charge in [-0.05, 0) is 54.8 Å². The Labute approximate surface area is 88.0 Å². The minimum atomic E-state index is -0.0581. The average Bonchev–Trinajstić information content (AvgIpc) is 2.24. The van der Waals surface area contributed by atoms with Gasteiger partial charge in [0.05, 0.1) is 0 Å². The fourth-order valence-corrected chi connectivity index (χ4v) is 3.65. The van der Waals surface area contributed by atoms with Gasteiger partial charge >= 0.3 is 0 Å². The Balaban J connectivity index is 2.13. The maximum atomic E-state index is 6.19. The zero-order valence-electron chi connectivity index (χ0n) is 7.59. The second-order valence-corrected chi connectivity index (χ2v) is 6.11. The number of alkyl halides is 1. The third-order valence-electron chi connectivity index (χ3n) is 3.50. The third-order valence-corrected chi connectivity index (χ3v) is 4.70. The van der Waals surface area contributed by atoms with Crippen LogP contribution in [-0.4, -0.2) is 21.7 Å². The molecule has 1 aliphatic carbocycles. The standard InChI is InChI=1S/C9H17IN2/c1-12-8-5-3-2-4-7(8)6-9(12,10)11/h7-8H,2-6,11H2,1H3/t7-,8-,9+/m1/s1. The van der Waals surface area contributed by atoms with E-state index >= 15 is 0 Å². The van der Waals surface area contributed by atoms with Crippen LogP contribution in [0.4, 0.5) is 0 Å². The number of hydrogen-bond acceptors (Lipinski definition) is 2. The Hall–Kier alpha value is 0.650. The van der Waals surface area contributed by atoms with Gasteiger partial charge in [0.1, 0.15) is 3.67 Å². The van der Waals surface area contributed by atoms with Crippen molar-refractivity contribution in [1.29, 1.82) is 0 Å². The maximum absolute atomic E-state index is 6.19. The Morgan fingerprint density at radius 2 is 2.08 bits per heavy atom. The van der Waals surface area contributed by atoms with Crippen LogP contribution in [0, 0.1) is 5.92 Å². The predicted molar refractivity (Wildman–Crippen MR) is 59.1 cm³/mol. The molecule has 0 aromatic carbocycles. The number of fused-ring (bicyclic) bond motifs is 1. The first-order chi connectivity index (χ1) is 5.61. The van der Waals surface area contributed by atoms with Crippen LogP contribution in [0.15, 0.2) is 0 Å². The molecule has 0 unspecified atom stereocenters. The molecule has 0 bridgehead atoms. The highest BCUT2D eigenvalue weighted by molar-refractivity contribution is 14.1. The van der Waals surface area contributed by atoms with Gasteiger partial charge in [0, 0.05) is 6.04 Å².